The predicted octanol–water partition coefficient (Wildman–Crippen LogP) is -0.0512. The molecule has 1 aliphatic carbocycles. The number of piperazine rings is 1. The highest BCUT2D eigenvalue weighted by atomic mass is 16.1. The van der Waals surface area contributed by atoms with Gasteiger partial charge in [-0.25, -0.2) is 0 Å². The Hall–Kier alpha value is -0.610. The van der Waals surface area contributed by atoms with E-state index in [9.17, 15) is 4.79 Å². The summed E-state index contributed by atoms with van der Waals surface area (Å²) in [6.45, 7) is 6.28. The van der Waals surface area contributed by atoms with E-state index in [1.54, 1.807) is 0 Å². The van der Waals surface area contributed by atoms with E-state index in [0.717, 1.165) is 26.2 Å². The van der Waals surface area contributed by atoms with Crippen molar-refractivity contribution >= 4 is 5.91 Å². The fraction of sp³-hybridized carbons (Fsp3) is 0.909. The molecular formula is C11H21N3O. The molecule has 1 aliphatic heterocycles. The molecule has 86 valence electrons. The SMILES string of the molecule is C[C@@H]1CNCCN1CCC(=O)NC1CC1. The minimum absolute atomic E-state index is 0.225. The lowest BCUT2D eigenvalue weighted by Crippen LogP contribution is -2.50. The summed E-state index contributed by atoms with van der Waals surface area (Å²) < 4.78 is 0. The average Bonchev–Trinajstić information content (AvgIpc) is 3.00. The van der Waals surface area contributed by atoms with Crippen molar-refractivity contribution in [3.63, 3.8) is 0 Å². The van der Waals surface area contributed by atoms with Crippen molar-refractivity contribution in [3.8, 4) is 0 Å². The molecule has 4 heteroatoms. The molecule has 1 saturated heterocycles. The van der Waals surface area contributed by atoms with E-state index in [4.69, 9.17) is 0 Å². The van der Waals surface area contributed by atoms with Gasteiger partial charge in [0.1, 0.15) is 0 Å². The third kappa shape index (κ3) is 3.47. The Morgan fingerprint density at radius 3 is 3.00 bits per heavy atom. The Morgan fingerprint density at radius 2 is 2.33 bits per heavy atom. The van der Waals surface area contributed by atoms with Crippen molar-refractivity contribution in [1.29, 1.82) is 0 Å². The summed E-state index contributed by atoms with van der Waals surface area (Å²) in [6.07, 6.45) is 3.01. The number of hydrogen-bond donors (Lipinski definition) is 2. The summed E-state index contributed by atoms with van der Waals surface area (Å²) in [4.78, 5) is 13.9. The first kappa shape index (κ1) is 10.9. The van der Waals surface area contributed by atoms with Gasteiger partial charge < -0.3 is 10.6 Å². The molecule has 0 radical (unpaired) electrons. The van der Waals surface area contributed by atoms with E-state index in [-0.39, 0.29) is 5.91 Å². The van der Waals surface area contributed by atoms with Crippen LogP contribution in [0.4, 0.5) is 0 Å². The van der Waals surface area contributed by atoms with Gasteiger partial charge >= 0.3 is 0 Å². The van der Waals surface area contributed by atoms with Gasteiger partial charge in [0.2, 0.25) is 5.91 Å². The van der Waals surface area contributed by atoms with E-state index < -0.39 is 0 Å². The summed E-state index contributed by atoms with van der Waals surface area (Å²) in [7, 11) is 0. The Kier molecular flexibility index (Phi) is 3.59. The lowest BCUT2D eigenvalue weighted by Gasteiger charge is -2.33. The van der Waals surface area contributed by atoms with Crippen LogP contribution in [0.3, 0.4) is 0 Å². The summed E-state index contributed by atoms with van der Waals surface area (Å²) >= 11 is 0. The van der Waals surface area contributed by atoms with Crippen molar-refractivity contribution in [2.24, 2.45) is 0 Å². The minimum Gasteiger partial charge on any atom is -0.353 e. The van der Waals surface area contributed by atoms with E-state index in [1.165, 1.54) is 12.8 Å². The molecule has 0 aromatic carbocycles. The molecule has 0 unspecified atom stereocenters. The summed E-state index contributed by atoms with van der Waals surface area (Å²) in [5.41, 5.74) is 0. The molecule has 0 aromatic heterocycles. The average molecular weight is 211 g/mol. The van der Waals surface area contributed by atoms with E-state index in [1.807, 2.05) is 0 Å². The number of nitrogens with one attached hydrogen (secondary N) is 2. The number of amides is 1. The molecule has 15 heavy (non-hydrogen) atoms. The molecule has 0 spiro atoms. The molecule has 0 bridgehead atoms. The Labute approximate surface area is 91.4 Å². The molecule has 2 fully saturated rings. The van der Waals surface area contributed by atoms with Crippen LogP contribution in [-0.2, 0) is 4.79 Å². The van der Waals surface area contributed by atoms with Gasteiger partial charge in [-0.15, -0.1) is 0 Å². The summed E-state index contributed by atoms with van der Waals surface area (Å²) in [5, 5.41) is 6.38. The third-order valence-electron chi connectivity index (χ3n) is 3.21. The highest BCUT2D eigenvalue weighted by Crippen LogP contribution is 2.18. The van der Waals surface area contributed by atoms with Crippen molar-refractivity contribution in [3.05, 3.63) is 0 Å². The largest absolute Gasteiger partial charge is 0.353 e. The molecule has 1 heterocycles. The maximum absolute atomic E-state index is 11.5. The fourth-order valence-electron chi connectivity index (χ4n) is 1.99. The maximum Gasteiger partial charge on any atom is 0.221 e. The zero-order valence-corrected chi connectivity index (χ0v) is 9.46. The second-order valence-corrected chi connectivity index (χ2v) is 4.68. The quantitative estimate of drug-likeness (QED) is 0.685. The molecule has 1 amide bonds. The van der Waals surface area contributed by atoms with E-state index in [0.29, 0.717) is 18.5 Å². The molecule has 2 N–H and O–H groups in total. The summed E-state index contributed by atoms with van der Waals surface area (Å²) in [5.74, 6) is 0.225. The van der Waals surface area contributed by atoms with Gasteiger partial charge in [0.05, 0.1) is 0 Å². The predicted molar refractivity (Wildman–Crippen MR) is 59.7 cm³/mol. The van der Waals surface area contributed by atoms with Crippen LogP contribution in [0.5, 0.6) is 0 Å². The first-order valence-electron chi connectivity index (χ1n) is 6.00. The van der Waals surface area contributed by atoms with Crippen molar-refractivity contribution in [2.45, 2.75) is 38.3 Å². The molecule has 2 aliphatic rings. The Balaban J connectivity index is 1.64. The Morgan fingerprint density at radius 1 is 1.53 bits per heavy atom. The second-order valence-electron chi connectivity index (χ2n) is 4.68. The zero-order valence-electron chi connectivity index (χ0n) is 9.46. The minimum atomic E-state index is 0.225. The molecule has 2 rings (SSSR count). The molecular weight excluding hydrogens is 190 g/mol. The van der Waals surface area contributed by atoms with Crippen LogP contribution in [-0.4, -0.2) is 49.1 Å². The van der Waals surface area contributed by atoms with Crippen LogP contribution in [0.1, 0.15) is 26.2 Å². The summed E-state index contributed by atoms with van der Waals surface area (Å²) in [6, 6.07) is 1.06. The monoisotopic (exact) mass is 211 g/mol. The van der Waals surface area contributed by atoms with Gasteiger partial charge in [-0.3, -0.25) is 9.69 Å². The molecule has 1 saturated carbocycles. The lowest BCUT2D eigenvalue weighted by molar-refractivity contribution is -0.121. The topological polar surface area (TPSA) is 44.4 Å². The second kappa shape index (κ2) is 4.94. The van der Waals surface area contributed by atoms with Gasteiger partial charge in [0.15, 0.2) is 0 Å². The number of hydrogen-bond acceptors (Lipinski definition) is 3. The Bertz CT molecular complexity index is 228. The highest BCUT2D eigenvalue weighted by molar-refractivity contribution is 5.76. The third-order valence-corrected chi connectivity index (χ3v) is 3.21. The van der Waals surface area contributed by atoms with Gasteiger partial charge in [0.25, 0.3) is 0 Å². The van der Waals surface area contributed by atoms with Crippen LogP contribution in [0, 0.1) is 0 Å². The maximum atomic E-state index is 11.5. The van der Waals surface area contributed by atoms with Crippen LogP contribution in [0.15, 0.2) is 0 Å². The highest BCUT2D eigenvalue weighted by Gasteiger charge is 2.24. The molecule has 4 nitrogen and oxygen atoms in total. The van der Waals surface area contributed by atoms with Crippen molar-refractivity contribution < 1.29 is 4.79 Å². The standard InChI is InChI=1S/C11H21N3O/c1-9-8-12-5-7-14(9)6-4-11(15)13-10-2-3-10/h9-10,12H,2-8H2,1H3,(H,13,15)/t9-/m1/s1. The first-order valence-corrected chi connectivity index (χ1v) is 6.00. The lowest BCUT2D eigenvalue weighted by atomic mass is 10.2. The van der Waals surface area contributed by atoms with Crippen LogP contribution < -0.4 is 10.6 Å². The molecule has 0 aromatic rings. The van der Waals surface area contributed by atoms with E-state index in [2.05, 4.69) is 22.5 Å². The van der Waals surface area contributed by atoms with Crippen LogP contribution >= 0.6 is 0 Å². The van der Waals surface area contributed by atoms with Crippen molar-refractivity contribution in [1.82, 2.24) is 15.5 Å². The van der Waals surface area contributed by atoms with Gasteiger partial charge in [-0.05, 0) is 19.8 Å². The smallest absolute Gasteiger partial charge is 0.221 e. The number of carbonyl (C=O) groups excluding carboxylic acids is 1. The normalized spacial score (nSPS) is 27.7. The fourth-order valence-corrected chi connectivity index (χ4v) is 1.99. The van der Waals surface area contributed by atoms with Gasteiger partial charge in [-0.1, -0.05) is 0 Å². The number of carbonyl (C=O) groups is 1. The molecule has 1 atom stereocenters. The number of nitrogens with zero attached hydrogens (tertiary/aromatic N) is 1. The van der Waals surface area contributed by atoms with Gasteiger partial charge in [-0.2, -0.15) is 0 Å². The van der Waals surface area contributed by atoms with Crippen LogP contribution in [0.25, 0.3) is 0 Å². The van der Waals surface area contributed by atoms with Crippen molar-refractivity contribution in [2.75, 3.05) is 26.2 Å². The first-order chi connectivity index (χ1) is 7.25. The van der Waals surface area contributed by atoms with Crippen LogP contribution in [0.2, 0.25) is 0 Å². The van der Waals surface area contributed by atoms with Gasteiger partial charge in [0, 0.05) is 44.7 Å². The van der Waals surface area contributed by atoms with E-state index >= 15 is 0 Å². The number of rotatable bonds is 4. The zero-order chi connectivity index (χ0) is 10.7.